The second kappa shape index (κ2) is 6.91. The Morgan fingerprint density at radius 1 is 1.43 bits per heavy atom. The van der Waals surface area contributed by atoms with Gasteiger partial charge in [0.1, 0.15) is 11.9 Å². The van der Waals surface area contributed by atoms with Crippen LogP contribution in [0.1, 0.15) is 37.4 Å². The van der Waals surface area contributed by atoms with Gasteiger partial charge in [-0.3, -0.25) is 4.79 Å². The fourth-order valence-electron chi connectivity index (χ4n) is 2.83. The van der Waals surface area contributed by atoms with E-state index in [0.717, 1.165) is 18.4 Å². The monoisotopic (exact) mass is 317 g/mol. The number of hydrogen-bond acceptors (Lipinski definition) is 3. The molecule has 1 aromatic carbocycles. The molecule has 0 spiro atoms. The van der Waals surface area contributed by atoms with Crippen LogP contribution < -0.4 is 5.32 Å². The molecule has 5 nitrogen and oxygen atoms in total. The molecule has 23 heavy (non-hydrogen) atoms. The molecule has 1 aromatic heterocycles. The molecule has 1 amide bonds. The van der Waals surface area contributed by atoms with Gasteiger partial charge >= 0.3 is 0 Å². The Balaban J connectivity index is 1.78. The Hall–Kier alpha value is -2.21. The third kappa shape index (κ3) is 3.59. The zero-order chi connectivity index (χ0) is 16.2. The van der Waals surface area contributed by atoms with Crippen molar-refractivity contribution < 1.29 is 13.9 Å². The summed E-state index contributed by atoms with van der Waals surface area (Å²) in [7, 11) is 0. The maximum absolute atomic E-state index is 13.2. The summed E-state index contributed by atoms with van der Waals surface area (Å²) in [6.45, 7) is 2.50. The number of nitrogens with zero attached hydrogens (tertiary/aromatic N) is 2. The zero-order valence-corrected chi connectivity index (χ0v) is 13.0. The lowest BCUT2D eigenvalue weighted by atomic mass is 9.99. The number of imidazole rings is 1. The summed E-state index contributed by atoms with van der Waals surface area (Å²) >= 11 is 0. The second-order valence-electron chi connectivity index (χ2n) is 5.78. The predicted molar refractivity (Wildman–Crippen MR) is 83.2 cm³/mol. The Bertz CT molecular complexity index is 636. The van der Waals surface area contributed by atoms with Gasteiger partial charge in [-0.05, 0) is 37.5 Å². The predicted octanol–water partition coefficient (Wildman–Crippen LogP) is 2.62. The number of hydrogen-bond donors (Lipinski definition) is 1. The molecule has 1 aliphatic rings. The van der Waals surface area contributed by atoms with Gasteiger partial charge in [0.25, 0.3) is 0 Å². The van der Waals surface area contributed by atoms with E-state index in [1.54, 1.807) is 35.4 Å². The first-order chi connectivity index (χ1) is 11.1. The van der Waals surface area contributed by atoms with E-state index in [4.69, 9.17) is 4.74 Å². The van der Waals surface area contributed by atoms with Gasteiger partial charge in [-0.25, -0.2) is 9.37 Å². The van der Waals surface area contributed by atoms with Crippen LogP contribution >= 0.6 is 0 Å². The van der Waals surface area contributed by atoms with Crippen LogP contribution in [0, 0.1) is 5.82 Å². The summed E-state index contributed by atoms with van der Waals surface area (Å²) in [5.41, 5.74) is 0.851. The van der Waals surface area contributed by atoms with Crippen molar-refractivity contribution in [1.82, 2.24) is 14.9 Å². The minimum atomic E-state index is -0.373. The molecular weight excluding hydrogens is 297 g/mol. The molecule has 2 aromatic rings. The van der Waals surface area contributed by atoms with Crippen molar-refractivity contribution >= 4 is 5.91 Å². The van der Waals surface area contributed by atoms with Gasteiger partial charge in [0.2, 0.25) is 5.91 Å². The highest BCUT2D eigenvalue weighted by atomic mass is 19.1. The van der Waals surface area contributed by atoms with Crippen LogP contribution in [-0.4, -0.2) is 28.2 Å². The Kier molecular flexibility index (Phi) is 4.71. The van der Waals surface area contributed by atoms with Crippen molar-refractivity contribution in [1.29, 1.82) is 0 Å². The highest BCUT2D eigenvalue weighted by Crippen LogP contribution is 2.27. The average Bonchev–Trinajstić information content (AvgIpc) is 3.26. The highest BCUT2D eigenvalue weighted by Gasteiger charge is 2.30. The van der Waals surface area contributed by atoms with Gasteiger partial charge in [-0.1, -0.05) is 12.1 Å². The van der Waals surface area contributed by atoms with E-state index in [2.05, 4.69) is 10.3 Å². The van der Waals surface area contributed by atoms with Crippen molar-refractivity contribution in [2.45, 2.75) is 38.0 Å². The normalized spacial score (nSPS) is 20.2. The minimum Gasteiger partial charge on any atom is -0.376 e. The quantitative estimate of drug-likeness (QED) is 0.922. The van der Waals surface area contributed by atoms with E-state index in [1.165, 1.54) is 12.1 Å². The molecule has 0 radical (unpaired) electrons. The van der Waals surface area contributed by atoms with E-state index in [0.29, 0.717) is 6.61 Å². The molecule has 0 saturated carbocycles. The molecule has 3 rings (SSSR count). The SMILES string of the molecule is C[C@H](C(=O)N[C@H](c1ccc(F)cc1)[C@@H]1CCCO1)n1ccnc1. The van der Waals surface area contributed by atoms with Crippen LogP contribution in [0.3, 0.4) is 0 Å². The van der Waals surface area contributed by atoms with Crippen molar-refractivity contribution in [3.63, 3.8) is 0 Å². The number of carbonyl (C=O) groups excluding carboxylic acids is 1. The Labute approximate surface area is 134 Å². The number of rotatable bonds is 5. The largest absolute Gasteiger partial charge is 0.376 e. The fraction of sp³-hybridized carbons (Fsp3) is 0.412. The maximum Gasteiger partial charge on any atom is 0.243 e. The van der Waals surface area contributed by atoms with E-state index in [9.17, 15) is 9.18 Å². The lowest BCUT2D eigenvalue weighted by molar-refractivity contribution is -0.125. The number of nitrogens with one attached hydrogen (secondary N) is 1. The molecule has 6 heteroatoms. The molecule has 1 N–H and O–H groups in total. The summed E-state index contributed by atoms with van der Waals surface area (Å²) < 4.78 is 20.7. The van der Waals surface area contributed by atoms with Gasteiger partial charge < -0.3 is 14.6 Å². The van der Waals surface area contributed by atoms with Gasteiger partial charge in [-0.2, -0.15) is 0 Å². The van der Waals surface area contributed by atoms with Gasteiger partial charge in [0.05, 0.1) is 18.5 Å². The third-order valence-corrected chi connectivity index (χ3v) is 4.22. The lowest BCUT2D eigenvalue weighted by Crippen LogP contribution is -2.39. The summed E-state index contributed by atoms with van der Waals surface area (Å²) in [6, 6.07) is 5.55. The number of ether oxygens (including phenoxy) is 1. The van der Waals surface area contributed by atoms with Crippen molar-refractivity contribution in [3.8, 4) is 0 Å². The molecule has 1 aliphatic heterocycles. The van der Waals surface area contributed by atoms with Crippen LogP contribution in [0.2, 0.25) is 0 Å². The highest BCUT2D eigenvalue weighted by molar-refractivity contribution is 5.80. The van der Waals surface area contributed by atoms with Crippen molar-refractivity contribution in [2.75, 3.05) is 6.61 Å². The topological polar surface area (TPSA) is 56.1 Å². The number of halogens is 1. The first kappa shape index (κ1) is 15.7. The Morgan fingerprint density at radius 2 is 2.22 bits per heavy atom. The van der Waals surface area contributed by atoms with Crippen molar-refractivity contribution in [3.05, 3.63) is 54.4 Å². The molecular formula is C17H20FN3O2. The molecule has 0 unspecified atom stereocenters. The first-order valence-corrected chi connectivity index (χ1v) is 7.80. The van der Waals surface area contributed by atoms with E-state index < -0.39 is 0 Å². The average molecular weight is 317 g/mol. The van der Waals surface area contributed by atoms with E-state index in [-0.39, 0.29) is 29.9 Å². The minimum absolute atomic E-state index is 0.0839. The molecule has 1 saturated heterocycles. The van der Waals surface area contributed by atoms with Gasteiger partial charge in [0, 0.05) is 19.0 Å². The molecule has 122 valence electrons. The maximum atomic E-state index is 13.2. The number of amides is 1. The number of aromatic nitrogens is 2. The van der Waals surface area contributed by atoms with E-state index >= 15 is 0 Å². The zero-order valence-electron chi connectivity index (χ0n) is 13.0. The third-order valence-electron chi connectivity index (χ3n) is 4.22. The fourth-order valence-corrected chi connectivity index (χ4v) is 2.83. The van der Waals surface area contributed by atoms with Crippen LogP contribution in [0.5, 0.6) is 0 Å². The van der Waals surface area contributed by atoms with Gasteiger partial charge in [-0.15, -0.1) is 0 Å². The lowest BCUT2D eigenvalue weighted by Gasteiger charge is -2.26. The van der Waals surface area contributed by atoms with Crippen LogP contribution in [0.15, 0.2) is 43.0 Å². The smallest absolute Gasteiger partial charge is 0.243 e. The number of benzene rings is 1. The number of carbonyl (C=O) groups is 1. The first-order valence-electron chi connectivity index (χ1n) is 7.80. The van der Waals surface area contributed by atoms with Crippen molar-refractivity contribution in [2.24, 2.45) is 0 Å². The van der Waals surface area contributed by atoms with E-state index in [1.807, 2.05) is 6.92 Å². The Morgan fingerprint density at radius 3 is 2.83 bits per heavy atom. The molecule has 1 fully saturated rings. The summed E-state index contributed by atoms with van der Waals surface area (Å²) in [4.78, 5) is 16.5. The summed E-state index contributed by atoms with van der Waals surface area (Å²) in [5.74, 6) is -0.411. The van der Waals surface area contributed by atoms with Crippen LogP contribution in [0.25, 0.3) is 0 Å². The van der Waals surface area contributed by atoms with Crippen LogP contribution in [-0.2, 0) is 9.53 Å². The molecule has 3 atom stereocenters. The molecule has 0 bridgehead atoms. The van der Waals surface area contributed by atoms with Crippen LogP contribution in [0.4, 0.5) is 4.39 Å². The summed E-state index contributed by atoms with van der Waals surface area (Å²) in [6.07, 6.45) is 6.77. The summed E-state index contributed by atoms with van der Waals surface area (Å²) in [5, 5.41) is 3.05. The second-order valence-corrected chi connectivity index (χ2v) is 5.78. The standard InChI is InChI=1S/C17H20FN3O2/c1-12(21-9-8-19-11-21)17(22)20-16(15-3-2-10-23-15)13-4-6-14(18)7-5-13/h4-9,11-12,15-16H,2-3,10H2,1H3,(H,20,22)/t12-,15+,16-/m1/s1. The molecule has 0 aliphatic carbocycles. The molecule has 2 heterocycles. The van der Waals surface area contributed by atoms with Gasteiger partial charge in [0.15, 0.2) is 0 Å².